The summed E-state index contributed by atoms with van der Waals surface area (Å²) in [4.78, 5) is 25.9. The number of amides is 1. The molecule has 2 aliphatic heterocycles. The van der Waals surface area contributed by atoms with Gasteiger partial charge >= 0.3 is 5.97 Å². The van der Waals surface area contributed by atoms with E-state index in [1.165, 1.54) is 42.3 Å². The fourth-order valence-electron chi connectivity index (χ4n) is 3.93. The highest BCUT2D eigenvalue weighted by Gasteiger charge is 2.57. The molecule has 1 aromatic heterocycles. The van der Waals surface area contributed by atoms with E-state index < -0.39 is 18.0 Å². The van der Waals surface area contributed by atoms with Gasteiger partial charge in [-0.15, -0.1) is 16.9 Å². The number of aliphatic hydroxyl groups excluding tert-OH is 1. The molecule has 29 heavy (non-hydrogen) atoms. The van der Waals surface area contributed by atoms with Crippen LogP contribution in [0.4, 0.5) is 0 Å². The highest BCUT2D eigenvalue weighted by atomic mass is 32.2. The number of fused-ring (bicyclic) bond motifs is 1. The fraction of sp³-hybridized carbons (Fsp3) is 0.737. The van der Waals surface area contributed by atoms with Gasteiger partial charge in [0.2, 0.25) is 5.91 Å². The van der Waals surface area contributed by atoms with Crippen LogP contribution in [0.3, 0.4) is 0 Å². The molecule has 0 saturated carbocycles. The third-order valence-corrected chi connectivity index (χ3v) is 6.93. The Morgan fingerprint density at radius 2 is 1.83 bits per heavy atom. The number of allylic oxidation sites excluding steroid dienone is 1. The molecular weight excluding hydrogens is 394 g/mol. The van der Waals surface area contributed by atoms with Crippen LogP contribution < -0.4 is 0 Å². The summed E-state index contributed by atoms with van der Waals surface area (Å²) in [5.41, 5.74) is 0.129. The number of carbonyl (C=O) groups is 2. The molecule has 2 aliphatic rings. The number of carboxylic acid groups (broad SMARTS) is 1. The van der Waals surface area contributed by atoms with Gasteiger partial charge in [0.25, 0.3) is 0 Å². The number of nitrogens with zero attached hydrogens (tertiary/aromatic N) is 5. The number of thioether (sulfide) groups is 1. The van der Waals surface area contributed by atoms with Crippen LogP contribution in [0, 0.1) is 5.92 Å². The van der Waals surface area contributed by atoms with Gasteiger partial charge in [0.05, 0.1) is 12.0 Å². The lowest BCUT2D eigenvalue weighted by molar-refractivity contribution is -0.156. The normalized spacial score (nSPS) is 22.0. The Kier molecular flexibility index (Phi) is 7.65. The van der Waals surface area contributed by atoms with Crippen LogP contribution in [0.5, 0.6) is 0 Å². The lowest BCUT2D eigenvalue weighted by Gasteiger charge is -2.43. The van der Waals surface area contributed by atoms with Crippen LogP contribution in [0.15, 0.2) is 16.9 Å². The number of aliphatic hydroxyl groups is 1. The Bertz CT molecular complexity index is 737. The van der Waals surface area contributed by atoms with Crippen LogP contribution >= 0.6 is 11.8 Å². The van der Waals surface area contributed by atoms with E-state index in [1.807, 2.05) is 0 Å². The first kappa shape index (κ1) is 21.8. The molecule has 0 spiro atoms. The quantitative estimate of drug-likeness (QED) is 0.366. The number of carbonyl (C=O) groups excluding carboxylic acids is 1. The molecule has 0 aliphatic carbocycles. The molecule has 0 aromatic carbocycles. The molecule has 0 radical (unpaired) electrons. The van der Waals surface area contributed by atoms with Crippen LogP contribution in [-0.2, 0) is 16.1 Å². The average molecular weight is 424 g/mol. The Balaban J connectivity index is 1.29. The van der Waals surface area contributed by atoms with E-state index in [2.05, 4.69) is 15.5 Å². The molecule has 3 heterocycles. The topological polar surface area (TPSA) is 121 Å². The highest BCUT2D eigenvalue weighted by Crippen LogP contribution is 2.51. The highest BCUT2D eigenvalue weighted by molar-refractivity contribution is 8.04. The van der Waals surface area contributed by atoms with E-state index in [1.54, 1.807) is 17.9 Å². The van der Waals surface area contributed by atoms with E-state index in [0.29, 0.717) is 6.42 Å². The van der Waals surface area contributed by atoms with Crippen molar-refractivity contribution in [1.82, 2.24) is 25.1 Å². The maximum atomic E-state index is 12.2. The minimum atomic E-state index is -1.05. The van der Waals surface area contributed by atoms with Gasteiger partial charge in [0.15, 0.2) is 0 Å². The van der Waals surface area contributed by atoms with Crippen molar-refractivity contribution in [2.75, 3.05) is 0 Å². The molecule has 160 valence electrons. The maximum Gasteiger partial charge on any atom is 0.353 e. The molecule has 0 unspecified atom stereocenters. The lowest BCUT2D eigenvalue weighted by atomic mass is 9.92. The Hall–Kier alpha value is -1.94. The van der Waals surface area contributed by atoms with Crippen molar-refractivity contribution in [1.29, 1.82) is 0 Å². The zero-order valence-electron chi connectivity index (χ0n) is 16.7. The van der Waals surface area contributed by atoms with Crippen molar-refractivity contribution in [3.05, 3.63) is 16.9 Å². The largest absolute Gasteiger partial charge is 0.477 e. The van der Waals surface area contributed by atoms with Crippen molar-refractivity contribution in [2.24, 2.45) is 5.92 Å². The van der Waals surface area contributed by atoms with E-state index in [9.17, 15) is 19.8 Å². The summed E-state index contributed by atoms with van der Waals surface area (Å²) >= 11 is 1.44. The molecule has 1 amide bonds. The van der Waals surface area contributed by atoms with Gasteiger partial charge in [-0.3, -0.25) is 9.69 Å². The lowest BCUT2D eigenvalue weighted by Crippen LogP contribution is -2.60. The molecule has 2 N–H and O–H groups in total. The number of unbranched alkanes of at least 4 members (excludes halogenated alkanes) is 7. The number of carboxylic acids is 1. The minimum Gasteiger partial charge on any atom is -0.477 e. The first-order valence-electron chi connectivity index (χ1n) is 10.4. The van der Waals surface area contributed by atoms with Gasteiger partial charge < -0.3 is 10.2 Å². The number of tetrazole rings is 1. The monoisotopic (exact) mass is 423 g/mol. The molecule has 1 fully saturated rings. The third kappa shape index (κ3) is 5.16. The van der Waals surface area contributed by atoms with Gasteiger partial charge in [-0.1, -0.05) is 38.5 Å². The number of β-lactam (4-membered cyclic amide) rings is 1. The second kappa shape index (κ2) is 10.2. The molecule has 3 atom stereocenters. The number of aliphatic carboxylic acids is 1. The molecule has 3 rings (SSSR count). The van der Waals surface area contributed by atoms with Gasteiger partial charge in [-0.25, -0.2) is 9.48 Å². The average Bonchev–Trinajstić information content (AvgIpc) is 3.29. The number of hydrogen-bond donors (Lipinski definition) is 2. The van der Waals surface area contributed by atoms with E-state index in [4.69, 9.17) is 0 Å². The predicted octanol–water partition coefficient (Wildman–Crippen LogP) is 2.39. The van der Waals surface area contributed by atoms with Crippen molar-refractivity contribution >= 4 is 23.6 Å². The Labute approximate surface area is 174 Å². The molecule has 9 nitrogen and oxygen atoms in total. The van der Waals surface area contributed by atoms with Crippen molar-refractivity contribution in [3.63, 3.8) is 0 Å². The SMILES string of the molecule is C[C@@H](O)[C@H]1C(=O)N2C(C(=O)O)=C(CCCCCCCCCCn3cnnn3)S[C@H]12. The summed E-state index contributed by atoms with van der Waals surface area (Å²) in [6, 6.07) is 0. The van der Waals surface area contributed by atoms with Crippen LogP contribution in [0.2, 0.25) is 0 Å². The van der Waals surface area contributed by atoms with Crippen LogP contribution in [0.25, 0.3) is 0 Å². The van der Waals surface area contributed by atoms with Gasteiger partial charge in [-0.05, 0) is 36.6 Å². The van der Waals surface area contributed by atoms with Crippen LogP contribution in [-0.4, -0.2) is 58.7 Å². The summed E-state index contributed by atoms with van der Waals surface area (Å²) in [5, 5.41) is 30.1. The molecule has 1 saturated heterocycles. The maximum absolute atomic E-state index is 12.2. The Morgan fingerprint density at radius 1 is 1.17 bits per heavy atom. The minimum absolute atomic E-state index is 0.129. The van der Waals surface area contributed by atoms with Crippen LogP contribution in [0.1, 0.15) is 64.7 Å². The van der Waals surface area contributed by atoms with Gasteiger partial charge in [0.1, 0.15) is 17.4 Å². The van der Waals surface area contributed by atoms with E-state index in [-0.39, 0.29) is 17.0 Å². The second-order valence-corrected chi connectivity index (χ2v) is 8.92. The molecule has 10 heteroatoms. The molecule has 1 aromatic rings. The fourth-order valence-corrected chi connectivity index (χ4v) is 5.59. The zero-order chi connectivity index (χ0) is 20.8. The Morgan fingerprint density at radius 3 is 2.41 bits per heavy atom. The predicted molar refractivity (Wildman–Crippen MR) is 107 cm³/mol. The molecule has 0 bridgehead atoms. The third-order valence-electron chi connectivity index (χ3n) is 5.51. The first-order chi connectivity index (χ1) is 14.0. The van der Waals surface area contributed by atoms with E-state index >= 15 is 0 Å². The standard InChI is InChI=1S/C19H29N5O4S/c1-13(25)15-17(26)24-16(19(27)28)14(29-18(15)24)10-8-6-4-2-3-5-7-9-11-23-12-20-21-22-23/h12-13,15,18,25H,2-11H2,1H3,(H,27,28)/t13-,15+,18-/m1/s1. The smallest absolute Gasteiger partial charge is 0.353 e. The van der Waals surface area contributed by atoms with Gasteiger partial charge in [-0.2, -0.15) is 0 Å². The zero-order valence-corrected chi connectivity index (χ0v) is 17.6. The second-order valence-electron chi connectivity index (χ2n) is 7.71. The number of aromatic nitrogens is 4. The van der Waals surface area contributed by atoms with Crippen molar-refractivity contribution in [2.45, 2.75) is 82.7 Å². The number of hydrogen-bond acceptors (Lipinski definition) is 7. The summed E-state index contributed by atoms with van der Waals surface area (Å²) in [5.74, 6) is -1.81. The number of rotatable bonds is 13. The summed E-state index contributed by atoms with van der Waals surface area (Å²) in [7, 11) is 0. The van der Waals surface area contributed by atoms with Crippen molar-refractivity contribution in [3.8, 4) is 0 Å². The van der Waals surface area contributed by atoms with Gasteiger partial charge in [0, 0.05) is 11.4 Å². The summed E-state index contributed by atoms with van der Waals surface area (Å²) < 4.78 is 1.75. The summed E-state index contributed by atoms with van der Waals surface area (Å²) in [6.45, 7) is 2.45. The molecular formula is C19H29N5O4S. The first-order valence-corrected chi connectivity index (χ1v) is 11.2. The van der Waals surface area contributed by atoms with Crippen molar-refractivity contribution < 1.29 is 19.8 Å². The van der Waals surface area contributed by atoms with E-state index in [0.717, 1.165) is 37.1 Å². The summed E-state index contributed by atoms with van der Waals surface area (Å²) in [6.07, 6.45) is 10.5. The number of aryl methyl sites for hydroxylation is 1.